The number of hydrogen-bond donors (Lipinski definition) is 1. The Hall–Kier alpha value is -2.15. The monoisotopic (exact) mass is 361 g/mol. The van der Waals surface area contributed by atoms with Crippen LogP contribution in [0.1, 0.15) is 48.6 Å². The third-order valence-corrected chi connectivity index (χ3v) is 5.83. The first-order chi connectivity index (χ1) is 11.8. The van der Waals surface area contributed by atoms with Crippen molar-refractivity contribution in [2.75, 3.05) is 5.32 Å². The van der Waals surface area contributed by atoms with Gasteiger partial charge in [-0.2, -0.15) is 5.10 Å². The molecule has 2 heterocycles. The third-order valence-electron chi connectivity index (χ3n) is 4.38. The van der Waals surface area contributed by atoms with E-state index in [9.17, 15) is 13.2 Å². The average molecular weight is 361 g/mol. The van der Waals surface area contributed by atoms with Gasteiger partial charge >= 0.3 is 0 Å². The highest BCUT2D eigenvalue weighted by Crippen LogP contribution is 2.33. The number of hydrogen-bond acceptors (Lipinski definition) is 4. The van der Waals surface area contributed by atoms with Crippen molar-refractivity contribution in [3.05, 3.63) is 40.6 Å². The summed E-state index contributed by atoms with van der Waals surface area (Å²) in [6, 6.07) is 5.97. The molecule has 1 amide bonds. The van der Waals surface area contributed by atoms with Gasteiger partial charge in [0.2, 0.25) is 5.91 Å². The van der Waals surface area contributed by atoms with Crippen molar-refractivity contribution in [3.8, 4) is 5.69 Å². The van der Waals surface area contributed by atoms with Crippen molar-refractivity contribution < 1.29 is 13.2 Å². The molecule has 134 valence electrons. The SMILES string of the molecule is CCCCC(=O)Nc1c2c(nn1-c1ccc(C)cc1C)CS(=O)(=O)C2. The third kappa shape index (κ3) is 3.61. The Morgan fingerprint density at radius 3 is 2.72 bits per heavy atom. The normalized spacial score (nSPS) is 15.2. The van der Waals surface area contributed by atoms with Gasteiger partial charge in [0.25, 0.3) is 0 Å². The van der Waals surface area contributed by atoms with Gasteiger partial charge in [-0.15, -0.1) is 0 Å². The van der Waals surface area contributed by atoms with E-state index in [1.165, 1.54) is 0 Å². The second-order valence-corrected chi connectivity index (χ2v) is 8.72. The van der Waals surface area contributed by atoms with Crippen LogP contribution in [0, 0.1) is 13.8 Å². The molecule has 0 spiro atoms. The summed E-state index contributed by atoms with van der Waals surface area (Å²) in [5.74, 6) is 0.235. The molecule has 7 heteroatoms. The van der Waals surface area contributed by atoms with Gasteiger partial charge in [-0.25, -0.2) is 13.1 Å². The smallest absolute Gasteiger partial charge is 0.225 e. The van der Waals surface area contributed by atoms with Crippen LogP contribution in [0.4, 0.5) is 5.82 Å². The number of carbonyl (C=O) groups is 1. The molecule has 6 nitrogen and oxygen atoms in total. The van der Waals surface area contributed by atoms with Crippen LogP contribution >= 0.6 is 0 Å². The van der Waals surface area contributed by atoms with Gasteiger partial charge in [-0.1, -0.05) is 31.0 Å². The van der Waals surface area contributed by atoms with Gasteiger partial charge in [0.1, 0.15) is 5.82 Å². The van der Waals surface area contributed by atoms with Crippen LogP contribution < -0.4 is 5.32 Å². The molecular formula is C18H23N3O3S. The molecule has 25 heavy (non-hydrogen) atoms. The molecule has 0 saturated carbocycles. The second kappa shape index (κ2) is 6.63. The van der Waals surface area contributed by atoms with Gasteiger partial charge in [-0.05, 0) is 31.9 Å². The zero-order valence-corrected chi connectivity index (χ0v) is 15.6. The number of amides is 1. The first-order valence-corrected chi connectivity index (χ1v) is 10.3. The van der Waals surface area contributed by atoms with Crippen molar-refractivity contribution in [2.45, 2.75) is 51.5 Å². The molecule has 1 aliphatic heterocycles. The number of benzene rings is 1. The lowest BCUT2D eigenvalue weighted by atomic mass is 10.1. The molecule has 1 N–H and O–H groups in total. The van der Waals surface area contributed by atoms with Crippen molar-refractivity contribution in [3.63, 3.8) is 0 Å². The number of unbranched alkanes of at least 4 members (excludes halogenated alkanes) is 1. The summed E-state index contributed by atoms with van der Waals surface area (Å²) in [7, 11) is -3.18. The Morgan fingerprint density at radius 2 is 2.04 bits per heavy atom. The Labute approximate surface area is 148 Å². The molecule has 1 aromatic heterocycles. The molecule has 1 aliphatic rings. The van der Waals surface area contributed by atoms with Gasteiger partial charge in [0, 0.05) is 12.0 Å². The minimum atomic E-state index is -3.18. The van der Waals surface area contributed by atoms with Crippen LogP contribution in [0.5, 0.6) is 0 Å². The number of nitrogens with zero attached hydrogens (tertiary/aromatic N) is 2. The molecule has 0 atom stereocenters. The fraction of sp³-hybridized carbons (Fsp3) is 0.444. The minimum Gasteiger partial charge on any atom is -0.310 e. The predicted molar refractivity (Wildman–Crippen MR) is 97.5 cm³/mol. The van der Waals surface area contributed by atoms with Crippen molar-refractivity contribution in [1.82, 2.24) is 9.78 Å². The van der Waals surface area contributed by atoms with E-state index in [4.69, 9.17) is 0 Å². The van der Waals surface area contributed by atoms with Gasteiger partial charge in [0.15, 0.2) is 9.84 Å². The van der Waals surface area contributed by atoms with Crippen molar-refractivity contribution >= 4 is 21.6 Å². The molecule has 3 rings (SSSR count). The van der Waals surface area contributed by atoms with Crippen LogP contribution in [0.25, 0.3) is 5.69 Å². The molecule has 0 bridgehead atoms. The summed E-state index contributed by atoms with van der Waals surface area (Å²) in [5.41, 5.74) is 4.16. The largest absolute Gasteiger partial charge is 0.310 e. The topological polar surface area (TPSA) is 81.1 Å². The Bertz CT molecular complexity index is 929. The van der Waals surface area contributed by atoms with E-state index in [0.717, 1.165) is 29.7 Å². The van der Waals surface area contributed by atoms with E-state index in [-0.39, 0.29) is 17.4 Å². The first-order valence-electron chi connectivity index (χ1n) is 8.49. The lowest BCUT2D eigenvalue weighted by molar-refractivity contribution is -0.116. The Balaban J connectivity index is 2.05. The number of carbonyl (C=O) groups excluding carboxylic acids is 1. The maximum atomic E-state index is 12.3. The number of aryl methyl sites for hydroxylation is 2. The number of fused-ring (bicyclic) bond motifs is 1. The zero-order valence-electron chi connectivity index (χ0n) is 14.8. The van der Waals surface area contributed by atoms with Crippen molar-refractivity contribution in [2.24, 2.45) is 0 Å². The summed E-state index contributed by atoms with van der Waals surface area (Å²) in [6.45, 7) is 6.02. The Kier molecular flexibility index (Phi) is 4.69. The summed E-state index contributed by atoms with van der Waals surface area (Å²) >= 11 is 0. The summed E-state index contributed by atoms with van der Waals surface area (Å²) < 4.78 is 25.6. The van der Waals surface area contributed by atoms with Crippen LogP contribution in [-0.2, 0) is 26.1 Å². The van der Waals surface area contributed by atoms with E-state index >= 15 is 0 Å². The van der Waals surface area contributed by atoms with Crippen LogP contribution in [0.15, 0.2) is 18.2 Å². The fourth-order valence-electron chi connectivity index (χ4n) is 3.12. The molecule has 0 radical (unpaired) electrons. The molecule has 0 saturated heterocycles. The molecule has 2 aromatic rings. The molecule has 0 fully saturated rings. The number of nitrogens with one attached hydrogen (secondary N) is 1. The van der Waals surface area contributed by atoms with Gasteiger partial charge in [0.05, 0.1) is 22.9 Å². The van der Waals surface area contributed by atoms with E-state index in [1.807, 2.05) is 39.0 Å². The number of aromatic nitrogens is 2. The molecular weight excluding hydrogens is 338 g/mol. The highest BCUT2D eigenvalue weighted by molar-refractivity contribution is 7.90. The lowest BCUT2D eigenvalue weighted by Crippen LogP contribution is -2.17. The maximum absolute atomic E-state index is 12.3. The number of sulfone groups is 1. The van der Waals surface area contributed by atoms with E-state index in [1.54, 1.807) is 4.68 Å². The van der Waals surface area contributed by atoms with Crippen LogP contribution in [0.2, 0.25) is 0 Å². The summed E-state index contributed by atoms with van der Waals surface area (Å²) in [5, 5.41) is 7.40. The highest BCUT2D eigenvalue weighted by atomic mass is 32.2. The average Bonchev–Trinajstić information content (AvgIpc) is 2.98. The Morgan fingerprint density at radius 1 is 1.28 bits per heavy atom. The number of rotatable bonds is 5. The second-order valence-electron chi connectivity index (χ2n) is 6.66. The van der Waals surface area contributed by atoms with E-state index in [0.29, 0.717) is 23.5 Å². The van der Waals surface area contributed by atoms with E-state index in [2.05, 4.69) is 10.4 Å². The minimum absolute atomic E-state index is 0.0714. The summed E-state index contributed by atoms with van der Waals surface area (Å²) in [4.78, 5) is 12.3. The van der Waals surface area contributed by atoms with Gasteiger partial charge in [-0.3, -0.25) is 4.79 Å². The fourth-order valence-corrected chi connectivity index (χ4v) is 4.61. The van der Waals surface area contributed by atoms with Crippen LogP contribution in [-0.4, -0.2) is 24.1 Å². The predicted octanol–water partition coefficient (Wildman–Crippen LogP) is 3.05. The standard InChI is InChI=1S/C18H23N3O3S/c1-4-5-6-17(22)19-18-14-10-25(23,24)11-15(14)20-21(18)16-8-7-12(2)9-13(16)3/h7-9H,4-6,10-11H2,1-3H3,(H,19,22). The molecule has 0 aliphatic carbocycles. The van der Waals surface area contributed by atoms with E-state index < -0.39 is 9.84 Å². The van der Waals surface area contributed by atoms with Gasteiger partial charge < -0.3 is 5.32 Å². The van der Waals surface area contributed by atoms with Crippen molar-refractivity contribution in [1.29, 1.82) is 0 Å². The number of anilines is 1. The maximum Gasteiger partial charge on any atom is 0.225 e. The highest BCUT2D eigenvalue weighted by Gasteiger charge is 2.33. The zero-order chi connectivity index (χ0) is 18.2. The quantitative estimate of drug-likeness (QED) is 0.887. The lowest BCUT2D eigenvalue weighted by Gasteiger charge is -2.13. The molecule has 0 unspecified atom stereocenters. The molecule has 1 aromatic carbocycles. The van der Waals surface area contributed by atoms with Crippen LogP contribution in [0.3, 0.4) is 0 Å². The summed E-state index contributed by atoms with van der Waals surface area (Å²) in [6.07, 6.45) is 2.14. The first kappa shape index (κ1) is 17.7.